The number of halogens is 10. The number of nitriles is 2. The van der Waals surface area contributed by atoms with Crippen molar-refractivity contribution in [3.63, 3.8) is 0 Å². The first-order chi connectivity index (χ1) is 25.1. The molecule has 2 unspecified atom stereocenters. The molecule has 54 heavy (non-hydrogen) atoms. The third kappa shape index (κ3) is 9.68. The second-order valence-corrected chi connectivity index (χ2v) is 15.0. The van der Waals surface area contributed by atoms with E-state index in [4.69, 9.17) is 66.9 Å². The molecule has 5 rings (SSSR count). The van der Waals surface area contributed by atoms with Crippen molar-refractivity contribution in [2.75, 3.05) is 5.73 Å². The fourth-order valence-corrected chi connectivity index (χ4v) is 6.88. The van der Waals surface area contributed by atoms with E-state index in [9.17, 15) is 41.0 Å². The third-order valence-electron chi connectivity index (χ3n) is 7.89. The molecular weight excluding hydrogens is 830 g/mol. The zero-order chi connectivity index (χ0) is 40.3. The highest BCUT2D eigenvalue weighted by molar-refractivity contribution is 7.92. The standard InChI is InChI=1S/C22H19Cl2NO3.C12H4Cl2F6N4OS/c1-22(2)17(12-19(23)24)20(22)21(26)28-18(13-25)14-7-6-10-16(11-14)27-15-8-4-3-5-9-15;13-5-1-4(11(15,16)17)2-6(14)8(5)24-10(22)9(7(3-21)23-24)26(25)12(18,19)20/h3-12,17-18,20H,1-2H3;1-2H,22H2/t17-,18?,20+;/m1./s1. The molecule has 3 aromatic carbocycles. The molecule has 284 valence electrons. The Bertz CT molecular complexity index is 2130. The fourth-order valence-electron chi connectivity index (χ4n) is 5.19. The molecule has 4 aromatic rings. The molecule has 1 aromatic heterocycles. The molecule has 1 saturated carbocycles. The van der Waals surface area contributed by atoms with E-state index in [1.54, 1.807) is 30.3 Å². The van der Waals surface area contributed by atoms with Crippen LogP contribution in [0.2, 0.25) is 10.0 Å². The minimum absolute atomic E-state index is 0.114. The number of hydrogen-bond donors (Lipinski definition) is 1. The maximum absolute atomic E-state index is 12.7. The number of nitrogens with two attached hydrogens (primary N) is 1. The normalized spacial score (nSPS) is 17.1. The molecule has 1 fully saturated rings. The molecule has 1 heterocycles. The molecule has 4 atom stereocenters. The Labute approximate surface area is 326 Å². The van der Waals surface area contributed by atoms with Gasteiger partial charge in [0.05, 0.1) is 21.5 Å². The zero-order valence-corrected chi connectivity index (χ0v) is 31.2. The van der Waals surface area contributed by atoms with Gasteiger partial charge in [0.1, 0.15) is 45.0 Å². The van der Waals surface area contributed by atoms with Crippen LogP contribution in [0.15, 0.2) is 82.2 Å². The topological polar surface area (TPSA) is 150 Å². The summed E-state index contributed by atoms with van der Waals surface area (Å²) in [7, 11) is 0. The van der Waals surface area contributed by atoms with Gasteiger partial charge in [0.2, 0.25) is 16.7 Å². The van der Waals surface area contributed by atoms with Crippen molar-refractivity contribution < 1.29 is 45.2 Å². The Morgan fingerprint density at radius 1 is 1.02 bits per heavy atom. The molecule has 0 bridgehead atoms. The number of allylic oxidation sites excluding steroid dienone is 1. The van der Waals surface area contributed by atoms with Gasteiger partial charge in [-0.1, -0.05) is 90.6 Å². The van der Waals surface area contributed by atoms with Crippen molar-refractivity contribution >= 4 is 69.4 Å². The van der Waals surface area contributed by atoms with Gasteiger partial charge in [-0.15, -0.1) is 18.3 Å². The molecule has 2 N–H and O–H groups in total. The van der Waals surface area contributed by atoms with Crippen molar-refractivity contribution in [3.05, 3.63) is 104 Å². The maximum Gasteiger partial charge on any atom is 0.578 e. The van der Waals surface area contributed by atoms with E-state index in [0.29, 0.717) is 33.9 Å². The molecule has 9 nitrogen and oxygen atoms in total. The lowest BCUT2D eigenvalue weighted by Crippen LogP contribution is -2.24. The Hall–Kier alpha value is -4.29. The SMILES string of the molecule is CC1(C)[C@H](C=C(Cl)Cl)[C@H]1C(=O)OC(C#N)c1cccc(Oc2ccccc2)c1.N#Cc1nn(-c2c(Cl)cc(C(F)(F)F)cc2Cl)c(N)c1[S+]([O-])C(F)(F)F. The van der Waals surface area contributed by atoms with Gasteiger partial charge in [0, 0.05) is 5.56 Å². The van der Waals surface area contributed by atoms with Gasteiger partial charge in [0.25, 0.3) is 0 Å². The summed E-state index contributed by atoms with van der Waals surface area (Å²) in [4.78, 5) is 11.5. The maximum atomic E-state index is 12.7. The molecule has 1 aliphatic carbocycles. The first-order valence-corrected chi connectivity index (χ1v) is 17.6. The summed E-state index contributed by atoms with van der Waals surface area (Å²) in [6, 6.07) is 20.5. The second kappa shape index (κ2) is 16.6. The Morgan fingerprint density at radius 2 is 1.61 bits per heavy atom. The van der Waals surface area contributed by atoms with Gasteiger partial charge in [-0.25, -0.2) is 4.68 Å². The molecular formula is C34H23Cl4F6N5O4S. The molecule has 1 aliphatic rings. The highest BCUT2D eigenvalue weighted by Gasteiger charge is 2.62. The molecule has 0 amide bonds. The number of para-hydroxylation sites is 1. The number of nitrogen functional groups attached to an aromatic ring is 1. The fraction of sp³-hybridized carbons (Fsp3) is 0.235. The van der Waals surface area contributed by atoms with Crippen LogP contribution in [0.5, 0.6) is 11.5 Å². The van der Waals surface area contributed by atoms with Crippen molar-refractivity contribution in [3.8, 4) is 29.3 Å². The number of esters is 1. The average molecular weight is 853 g/mol. The number of hydrogen-bond acceptors (Lipinski definition) is 8. The predicted octanol–water partition coefficient (Wildman–Crippen LogP) is 10.5. The number of anilines is 1. The van der Waals surface area contributed by atoms with Gasteiger partial charge in [0.15, 0.2) is 5.82 Å². The number of aromatic nitrogens is 2. The highest BCUT2D eigenvalue weighted by atomic mass is 35.5. The molecule has 0 saturated heterocycles. The number of carbonyl (C=O) groups excluding carboxylic acids is 1. The van der Waals surface area contributed by atoms with Crippen LogP contribution >= 0.6 is 46.4 Å². The first kappa shape index (κ1) is 42.5. The van der Waals surface area contributed by atoms with E-state index in [-0.39, 0.29) is 21.7 Å². The van der Waals surface area contributed by atoms with E-state index in [2.05, 4.69) is 5.10 Å². The van der Waals surface area contributed by atoms with Crippen LogP contribution in [0.3, 0.4) is 0 Å². The Kier molecular flexibility index (Phi) is 13.1. The summed E-state index contributed by atoms with van der Waals surface area (Å²) in [6.07, 6.45) is -4.17. The highest BCUT2D eigenvalue weighted by Crippen LogP contribution is 2.60. The van der Waals surface area contributed by atoms with E-state index < -0.39 is 72.6 Å². The lowest BCUT2D eigenvalue weighted by molar-refractivity contribution is -0.149. The van der Waals surface area contributed by atoms with Crippen LogP contribution in [0.4, 0.5) is 32.2 Å². The summed E-state index contributed by atoms with van der Waals surface area (Å²) in [5, 5.41) is 20.6. The first-order valence-electron chi connectivity index (χ1n) is 14.9. The summed E-state index contributed by atoms with van der Waals surface area (Å²) in [6.45, 7) is 3.87. The smallest absolute Gasteiger partial charge is 0.578 e. The van der Waals surface area contributed by atoms with Crippen LogP contribution < -0.4 is 10.5 Å². The summed E-state index contributed by atoms with van der Waals surface area (Å²) < 4.78 is 99.7. The Balaban J connectivity index is 0.000000241. The number of benzene rings is 3. The van der Waals surface area contributed by atoms with Crippen molar-refractivity contribution in [2.45, 2.75) is 36.5 Å². The van der Waals surface area contributed by atoms with E-state index in [1.807, 2.05) is 50.2 Å². The second-order valence-electron chi connectivity index (χ2n) is 11.8. The predicted molar refractivity (Wildman–Crippen MR) is 188 cm³/mol. The van der Waals surface area contributed by atoms with Gasteiger partial charge < -0.3 is 19.8 Å². The minimum Gasteiger partial charge on any atom is -0.604 e. The Morgan fingerprint density at radius 3 is 2.13 bits per heavy atom. The van der Waals surface area contributed by atoms with Gasteiger partial charge >= 0.3 is 17.7 Å². The number of carbonyl (C=O) groups is 1. The van der Waals surface area contributed by atoms with Crippen LogP contribution in [0, 0.1) is 39.9 Å². The van der Waals surface area contributed by atoms with Gasteiger partial charge in [-0.05, 0) is 53.8 Å². The summed E-state index contributed by atoms with van der Waals surface area (Å²) >= 11 is 19.2. The quantitative estimate of drug-likeness (QED) is 0.105. The van der Waals surface area contributed by atoms with E-state index in [0.717, 1.165) is 0 Å². The zero-order valence-electron chi connectivity index (χ0n) is 27.3. The van der Waals surface area contributed by atoms with Gasteiger partial charge in [-0.3, -0.25) is 4.79 Å². The summed E-state index contributed by atoms with van der Waals surface area (Å²) in [5.41, 5.74) is -2.19. The monoisotopic (exact) mass is 851 g/mol. The summed E-state index contributed by atoms with van der Waals surface area (Å²) in [5.74, 6) is -0.613. The largest absolute Gasteiger partial charge is 0.604 e. The van der Waals surface area contributed by atoms with Gasteiger partial charge in [-0.2, -0.15) is 23.7 Å². The average Bonchev–Trinajstić information content (AvgIpc) is 3.46. The molecule has 0 spiro atoms. The third-order valence-corrected chi connectivity index (χ3v) is 9.92. The molecule has 0 radical (unpaired) electrons. The van der Waals surface area contributed by atoms with E-state index >= 15 is 0 Å². The van der Waals surface area contributed by atoms with E-state index in [1.165, 1.54) is 6.07 Å². The minimum atomic E-state index is -5.25. The van der Waals surface area contributed by atoms with Crippen molar-refractivity contribution in [1.29, 1.82) is 10.5 Å². The van der Waals surface area contributed by atoms with Crippen LogP contribution in [0.1, 0.15) is 36.8 Å². The molecule has 0 aliphatic heterocycles. The number of ether oxygens (including phenoxy) is 2. The number of rotatable bonds is 8. The molecule has 20 heteroatoms. The van der Waals surface area contributed by atoms with Crippen molar-refractivity contribution in [2.24, 2.45) is 17.3 Å². The lowest BCUT2D eigenvalue weighted by atomic mass is 10.1. The van der Waals surface area contributed by atoms with Crippen LogP contribution in [0.25, 0.3) is 5.69 Å². The van der Waals surface area contributed by atoms with Crippen LogP contribution in [-0.2, 0) is 26.9 Å². The lowest BCUT2D eigenvalue weighted by Gasteiger charge is -2.14. The number of alkyl halides is 6. The number of nitrogens with zero attached hydrogens (tertiary/aromatic N) is 4. The van der Waals surface area contributed by atoms with Crippen molar-refractivity contribution in [1.82, 2.24) is 9.78 Å². The van der Waals surface area contributed by atoms with Crippen LogP contribution in [-0.4, -0.2) is 25.8 Å².